The average Bonchev–Trinajstić information content (AvgIpc) is 2.74. The minimum atomic E-state index is -1.03. The van der Waals surface area contributed by atoms with E-state index in [0.717, 1.165) is 24.3 Å². The van der Waals surface area contributed by atoms with E-state index >= 15 is 0 Å². The zero-order valence-corrected chi connectivity index (χ0v) is 19.8. The van der Waals surface area contributed by atoms with Crippen LogP contribution in [-0.4, -0.2) is 66.8 Å². The molecule has 1 aliphatic rings. The predicted molar refractivity (Wildman–Crippen MR) is 125 cm³/mol. The van der Waals surface area contributed by atoms with Gasteiger partial charge in [-0.15, -0.1) is 24.8 Å². The Hall–Kier alpha value is -2.17. The van der Waals surface area contributed by atoms with E-state index in [1.165, 1.54) is 12.1 Å². The maximum absolute atomic E-state index is 14.6. The first-order chi connectivity index (χ1) is 15.3. The molecule has 0 saturated carbocycles. The number of halogens is 6. The standard InChI is InChI=1S/C23H24F4N2O3.2ClH/c24-16-3-5-18(20(26)13-16)23(19-6-4-17(25)14-21(19)27)29-10-8-28(9-11-29)7-1-2-12-32-15-22(30)31;;/h1-6,13-14,23H,7-12,15H2,(H,30,31);2*1H/b2-1-;;. The van der Waals surface area contributed by atoms with Crippen molar-refractivity contribution < 1.29 is 32.2 Å². The molecule has 1 aliphatic heterocycles. The third-order valence-electron chi connectivity index (χ3n) is 5.26. The number of hydrogen-bond acceptors (Lipinski definition) is 4. The van der Waals surface area contributed by atoms with Gasteiger partial charge in [-0.3, -0.25) is 9.80 Å². The molecule has 5 nitrogen and oxygen atoms in total. The van der Waals surface area contributed by atoms with Crippen molar-refractivity contribution in [2.45, 2.75) is 6.04 Å². The zero-order chi connectivity index (χ0) is 23.1. The Morgan fingerprint density at radius 3 is 1.91 bits per heavy atom. The number of ether oxygens (including phenoxy) is 1. The summed E-state index contributed by atoms with van der Waals surface area (Å²) in [4.78, 5) is 14.4. The van der Waals surface area contributed by atoms with E-state index in [9.17, 15) is 22.4 Å². The Balaban J connectivity index is 0.00000289. The highest BCUT2D eigenvalue weighted by molar-refractivity contribution is 5.85. The van der Waals surface area contributed by atoms with Crippen LogP contribution >= 0.6 is 24.8 Å². The van der Waals surface area contributed by atoms with Gasteiger partial charge < -0.3 is 9.84 Å². The highest BCUT2D eigenvalue weighted by Crippen LogP contribution is 2.33. The first kappa shape index (κ1) is 29.9. The molecule has 34 heavy (non-hydrogen) atoms. The van der Waals surface area contributed by atoms with Gasteiger partial charge in [0.2, 0.25) is 0 Å². The summed E-state index contributed by atoms with van der Waals surface area (Å²) in [5, 5.41) is 8.52. The Kier molecular flexibility index (Phi) is 12.5. The molecule has 2 aromatic rings. The number of nitrogens with zero attached hydrogens (tertiary/aromatic N) is 2. The van der Waals surface area contributed by atoms with Crippen LogP contribution in [0.25, 0.3) is 0 Å². The van der Waals surface area contributed by atoms with Crippen molar-refractivity contribution in [3.05, 3.63) is 82.9 Å². The van der Waals surface area contributed by atoms with Crippen LogP contribution in [0, 0.1) is 23.3 Å². The van der Waals surface area contributed by atoms with E-state index < -0.39 is 35.3 Å². The van der Waals surface area contributed by atoms with Crippen molar-refractivity contribution in [1.82, 2.24) is 9.80 Å². The van der Waals surface area contributed by atoms with Gasteiger partial charge in [-0.1, -0.05) is 24.3 Å². The van der Waals surface area contributed by atoms with E-state index in [4.69, 9.17) is 9.84 Å². The summed E-state index contributed by atoms with van der Waals surface area (Å²) in [6.45, 7) is 2.66. The molecule has 0 bridgehead atoms. The molecule has 0 aliphatic carbocycles. The van der Waals surface area contributed by atoms with Crippen LogP contribution in [0.4, 0.5) is 17.6 Å². The lowest BCUT2D eigenvalue weighted by Gasteiger charge is -2.39. The van der Waals surface area contributed by atoms with Crippen LogP contribution in [0.1, 0.15) is 17.2 Å². The monoisotopic (exact) mass is 524 g/mol. The number of hydrogen-bond donors (Lipinski definition) is 1. The molecular formula is C23H26Cl2F4N2O3. The second-order valence-electron chi connectivity index (χ2n) is 7.45. The molecule has 1 fully saturated rings. The zero-order valence-electron chi connectivity index (χ0n) is 18.1. The molecule has 0 radical (unpaired) electrons. The third kappa shape index (κ3) is 8.25. The van der Waals surface area contributed by atoms with E-state index in [1.807, 2.05) is 11.0 Å². The largest absolute Gasteiger partial charge is 0.480 e. The molecule has 1 saturated heterocycles. The lowest BCUT2D eigenvalue weighted by Crippen LogP contribution is -2.48. The third-order valence-corrected chi connectivity index (χ3v) is 5.26. The van der Waals surface area contributed by atoms with E-state index in [2.05, 4.69) is 4.90 Å². The normalized spacial score (nSPS) is 14.7. The number of carbonyl (C=O) groups is 1. The number of piperazine rings is 1. The van der Waals surface area contributed by atoms with Gasteiger partial charge in [0.15, 0.2) is 0 Å². The summed E-state index contributed by atoms with van der Waals surface area (Å²) in [6.07, 6.45) is 3.61. The fraction of sp³-hybridized carbons (Fsp3) is 0.348. The van der Waals surface area contributed by atoms with E-state index in [1.54, 1.807) is 6.08 Å². The molecule has 0 amide bonds. The molecule has 188 valence electrons. The van der Waals surface area contributed by atoms with Crippen LogP contribution in [0.2, 0.25) is 0 Å². The van der Waals surface area contributed by atoms with Crippen LogP contribution in [0.3, 0.4) is 0 Å². The van der Waals surface area contributed by atoms with Crippen LogP contribution in [-0.2, 0) is 9.53 Å². The van der Waals surface area contributed by atoms with Crippen molar-refractivity contribution >= 4 is 30.8 Å². The van der Waals surface area contributed by atoms with Gasteiger partial charge >= 0.3 is 5.97 Å². The fourth-order valence-corrected chi connectivity index (χ4v) is 3.72. The maximum Gasteiger partial charge on any atom is 0.329 e. The molecule has 11 heteroatoms. The molecule has 0 atom stereocenters. The molecule has 1 heterocycles. The Morgan fingerprint density at radius 1 is 0.912 bits per heavy atom. The summed E-state index contributed by atoms with van der Waals surface area (Å²) in [6, 6.07) is 5.54. The number of carboxylic acids is 1. The molecule has 0 unspecified atom stereocenters. The van der Waals surface area contributed by atoms with Gasteiger partial charge in [0.25, 0.3) is 0 Å². The van der Waals surface area contributed by atoms with Crippen molar-refractivity contribution in [3.8, 4) is 0 Å². The van der Waals surface area contributed by atoms with Crippen LogP contribution in [0.15, 0.2) is 48.6 Å². The minimum Gasteiger partial charge on any atom is -0.480 e. The summed E-state index contributed by atoms with van der Waals surface area (Å²) in [5.41, 5.74) is 0.252. The van der Waals surface area contributed by atoms with Gasteiger partial charge in [0.05, 0.1) is 12.6 Å². The van der Waals surface area contributed by atoms with Crippen molar-refractivity contribution in [2.75, 3.05) is 45.9 Å². The Bertz CT molecular complexity index is 922. The number of benzene rings is 2. The quantitative estimate of drug-likeness (QED) is 0.298. The van der Waals surface area contributed by atoms with Crippen molar-refractivity contribution in [2.24, 2.45) is 0 Å². The smallest absolute Gasteiger partial charge is 0.329 e. The van der Waals surface area contributed by atoms with E-state index in [0.29, 0.717) is 32.7 Å². The second kappa shape index (κ2) is 14.3. The summed E-state index contributed by atoms with van der Waals surface area (Å²) in [7, 11) is 0. The Morgan fingerprint density at radius 2 is 1.44 bits per heavy atom. The van der Waals surface area contributed by atoms with Crippen molar-refractivity contribution in [3.63, 3.8) is 0 Å². The van der Waals surface area contributed by atoms with Crippen LogP contribution in [0.5, 0.6) is 0 Å². The number of rotatable bonds is 9. The summed E-state index contributed by atoms with van der Waals surface area (Å²) in [5.74, 6) is -4.06. The minimum absolute atomic E-state index is 0. The van der Waals surface area contributed by atoms with Crippen molar-refractivity contribution in [1.29, 1.82) is 0 Å². The molecule has 3 rings (SSSR count). The molecular weight excluding hydrogens is 499 g/mol. The first-order valence-corrected chi connectivity index (χ1v) is 10.2. The second-order valence-corrected chi connectivity index (χ2v) is 7.45. The fourth-order valence-electron chi connectivity index (χ4n) is 3.72. The summed E-state index contributed by atoms with van der Waals surface area (Å²) >= 11 is 0. The highest BCUT2D eigenvalue weighted by Gasteiger charge is 2.30. The summed E-state index contributed by atoms with van der Waals surface area (Å²) < 4.78 is 61.1. The Labute approximate surface area is 207 Å². The molecule has 1 N–H and O–H groups in total. The van der Waals surface area contributed by atoms with E-state index in [-0.39, 0.29) is 49.2 Å². The highest BCUT2D eigenvalue weighted by atomic mass is 35.5. The predicted octanol–water partition coefficient (Wildman–Crippen LogP) is 4.45. The lowest BCUT2D eigenvalue weighted by molar-refractivity contribution is -0.141. The van der Waals surface area contributed by atoms with Gasteiger partial charge in [0.1, 0.15) is 29.9 Å². The topological polar surface area (TPSA) is 53.0 Å². The lowest BCUT2D eigenvalue weighted by atomic mass is 9.95. The van der Waals surface area contributed by atoms with Gasteiger partial charge in [-0.05, 0) is 12.1 Å². The number of aliphatic carboxylic acids is 1. The average molecular weight is 525 g/mol. The number of carboxylic acid groups (broad SMARTS) is 1. The first-order valence-electron chi connectivity index (χ1n) is 10.2. The SMILES string of the molecule is Cl.Cl.O=C(O)COC/C=C\CN1CCN(C(c2ccc(F)cc2F)c2ccc(F)cc2F)CC1. The molecule has 0 aromatic heterocycles. The maximum atomic E-state index is 14.6. The van der Waals surface area contributed by atoms with Crippen LogP contribution < -0.4 is 0 Å². The van der Waals surface area contributed by atoms with Gasteiger partial charge in [-0.25, -0.2) is 22.4 Å². The molecule has 0 spiro atoms. The van der Waals surface area contributed by atoms with Gasteiger partial charge in [-0.2, -0.15) is 0 Å². The van der Waals surface area contributed by atoms with Gasteiger partial charge in [0, 0.05) is 56.0 Å². The molecule has 2 aromatic carbocycles.